The Labute approximate surface area is 79.5 Å². The van der Waals surface area contributed by atoms with Crippen molar-refractivity contribution in [2.24, 2.45) is 0 Å². The molecule has 0 radical (unpaired) electrons. The smallest absolute Gasteiger partial charge is 0.237 e. The molecule has 4 nitrogen and oxygen atoms in total. The van der Waals surface area contributed by atoms with Crippen LogP contribution in [0.25, 0.3) is 0 Å². The van der Waals surface area contributed by atoms with Crippen molar-refractivity contribution in [2.45, 2.75) is 32.9 Å². The van der Waals surface area contributed by atoms with Crippen molar-refractivity contribution >= 4 is 5.91 Å². The van der Waals surface area contributed by atoms with Crippen LogP contribution in [0.15, 0.2) is 0 Å². The van der Waals surface area contributed by atoms with Gasteiger partial charge in [-0.2, -0.15) is 5.26 Å². The first kappa shape index (κ1) is 11.9. The van der Waals surface area contributed by atoms with Gasteiger partial charge in [0, 0.05) is 6.04 Å². The fourth-order valence-corrected chi connectivity index (χ4v) is 0.854. The molecule has 13 heavy (non-hydrogen) atoms. The molecule has 0 aromatic carbocycles. The molecule has 0 fully saturated rings. The van der Waals surface area contributed by atoms with E-state index in [0.717, 1.165) is 0 Å². The molecular weight excluding hydrogens is 166 g/mol. The monoisotopic (exact) mass is 183 g/mol. The van der Waals surface area contributed by atoms with Gasteiger partial charge in [-0.15, -0.1) is 0 Å². The second-order valence-corrected chi connectivity index (χ2v) is 3.41. The molecule has 1 amide bonds. The minimum Gasteiger partial charge on any atom is -0.353 e. The maximum absolute atomic E-state index is 11.4. The lowest BCUT2D eigenvalue weighted by Crippen LogP contribution is -2.45. The Balaban J connectivity index is 4.03. The van der Waals surface area contributed by atoms with Crippen LogP contribution in [-0.4, -0.2) is 36.5 Å². The molecule has 0 aromatic heterocycles. The summed E-state index contributed by atoms with van der Waals surface area (Å²) in [5.74, 6) is -0.0345. The third-order valence-corrected chi connectivity index (χ3v) is 1.79. The van der Waals surface area contributed by atoms with Crippen molar-refractivity contribution in [1.82, 2.24) is 10.2 Å². The molecule has 0 bridgehead atoms. The van der Waals surface area contributed by atoms with Gasteiger partial charge in [0.15, 0.2) is 0 Å². The molecule has 1 N–H and O–H groups in total. The number of carbonyl (C=O) groups excluding carboxylic acids is 1. The van der Waals surface area contributed by atoms with Crippen molar-refractivity contribution in [3.8, 4) is 6.07 Å². The van der Waals surface area contributed by atoms with Gasteiger partial charge >= 0.3 is 0 Å². The van der Waals surface area contributed by atoms with Crippen molar-refractivity contribution in [3.05, 3.63) is 0 Å². The predicted octanol–water partition coefficient (Wildman–Crippen LogP) is 0.355. The summed E-state index contributed by atoms with van der Waals surface area (Å²) < 4.78 is 0. The zero-order valence-corrected chi connectivity index (χ0v) is 8.66. The number of hydrogen-bond acceptors (Lipinski definition) is 3. The van der Waals surface area contributed by atoms with Crippen molar-refractivity contribution < 1.29 is 4.79 Å². The van der Waals surface area contributed by atoms with Crippen LogP contribution in [0.5, 0.6) is 0 Å². The van der Waals surface area contributed by atoms with E-state index in [-0.39, 0.29) is 24.5 Å². The van der Waals surface area contributed by atoms with Crippen molar-refractivity contribution in [2.75, 3.05) is 13.6 Å². The van der Waals surface area contributed by atoms with Crippen LogP contribution in [0.3, 0.4) is 0 Å². The predicted molar refractivity (Wildman–Crippen MR) is 51.0 cm³/mol. The molecule has 1 atom stereocenters. The normalized spacial score (nSPS) is 12.7. The Hall–Kier alpha value is -1.08. The van der Waals surface area contributed by atoms with Crippen LogP contribution in [-0.2, 0) is 4.79 Å². The number of rotatable bonds is 4. The maximum Gasteiger partial charge on any atom is 0.237 e. The molecule has 0 saturated carbocycles. The molecule has 1 unspecified atom stereocenters. The van der Waals surface area contributed by atoms with Crippen molar-refractivity contribution in [1.29, 1.82) is 5.26 Å². The average molecular weight is 183 g/mol. The fourth-order valence-electron chi connectivity index (χ4n) is 0.854. The van der Waals surface area contributed by atoms with E-state index in [1.165, 1.54) is 0 Å². The molecule has 0 saturated heterocycles. The molecule has 74 valence electrons. The van der Waals surface area contributed by atoms with Crippen LogP contribution >= 0.6 is 0 Å². The quantitative estimate of drug-likeness (QED) is 0.640. The molecule has 0 rings (SSSR count). The lowest BCUT2D eigenvalue weighted by molar-refractivity contribution is -0.125. The Morgan fingerprint density at radius 2 is 2.08 bits per heavy atom. The summed E-state index contributed by atoms with van der Waals surface area (Å²) in [4.78, 5) is 13.1. The summed E-state index contributed by atoms with van der Waals surface area (Å²) in [5.41, 5.74) is 0. The lowest BCUT2D eigenvalue weighted by atomic mass is 10.2. The number of amides is 1. The lowest BCUT2D eigenvalue weighted by Gasteiger charge is -2.22. The number of hydrogen-bond donors (Lipinski definition) is 1. The number of nitriles is 1. The standard InChI is InChI=1S/C9H17N3O/c1-7(2)11-9(13)8(3)12(4)6-5-10/h7-8H,6H2,1-4H3,(H,11,13). The van der Waals surface area contributed by atoms with Crippen LogP contribution in [0.2, 0.25) is 0 Å². The van der Waals surface area contributed by atoms with E-state index < -0.39 is 0 Å². The zero-order valence-electron chi connectivity index (χ0n) is 8.66. The highest BCUT2D eigenvalue weighted by Gasteiger charge is 2.17. The molecular formula is C9H17N3O. The topological polar surface area (TPSA) is 56.1 Å². The van der Waals surface area contributed by atoms with E-state index in [9.17, 15) is 4.79 Å². The molecule has 0 heterocycles. The molecule has 0 spiro atoms. The Morgan fingerprint density at radius 1 is 1.54 bits per heavy atom. The number of likely N-dealkylation sites (N-methyl/N-ethyl adjacent to an activating group) is 1. The van der Waals surface area contributed by atoms with E-state index in [4.69, 9.17) is 5.26 Å². The van der Waals surface area contributed by atoms with Gasteiger partial charge in [-0.3, -0.25) is 9.69 Å². The van der Waals surface area contributed by atoms with Crippen LogP contribution in [0.4, 0.5) is 0 Å². The van der Waals surface area contributed by atoms with E-state index in [0.29, 0.717) is 0 Å². The van der Waals surface area contributed by atoms with Crippen LogP contribution < -0.4 is 5.32 Å². The Morgan fingerprint density at radius 3 is 2.46 bits per heavy atom. The Kier molecular flexibility index (Phi) is 5.09. The average Bonchev–Trinajstić information content (AvgIpc) is 2.02. The molecule has 0 aliphatic heterocycles. The van der Waals surface area contributed by atoms with Gasteiger partial charge in [-0.1, -0.05) is 0 Å². The third-order valence-electron chi connectivity index (χ3n) is 1.79. The number of nitrogens with zero attached hydrogens (tertiary/aromatic N) is 2. The summed E-state index contributed by atoms with van der Waals surface area (Å²) in [6.45, 7) is 5.88. The molecule has 0 aliphatic carbocycles. The second-order valence-electron chi connectivity index (χ2n) is 3.41. The first-order valence-corrected chi connectivity index (χ1v) is 4.36. The molecule has 4 heteroatoms. The SMILES string of the molecule is CC(C)NC(=O)C(C)N(C)CC#N. The second kappa shape index (κ2) is 5.55. The van der Waals surface area contributed by atoms with Gasteiger partial charge in [0.2, 0.25) is 5.91 Å². The van der Waals surface area contributed by atoms with E-state index in [1.54, 1.807) is 18.9 Å². The summed E-state index contributed by atoms with van der Waals surface area (Å²) in [6.07, 6.45) is 0. The summed E-state index contributed by atoms with van der Waals surface area (Å²) in [5, 5.41) is 11.2. The van der Waals surface area contributed by atoms with E-state index >= 15 is 0 Å². The summed E-state index contributed by atoms with van der Waals surface area (Å²) in [6, 6.07) is 1.90. The van der Waals surface area contributed by atoms with Gasteiger partial charge < -0.3 is 5.32 Å². The van der Waals surface area contributed by atoms with E-state index in [2.05, 4.69) is 5.32 Å². The van der Waals surface area contributed by atoms with Gasteiger partial charge in [0.1, 0.15) is 0 Å². The molecule has 0 aliphatic rings. The van der Waals surface area contributed by atoms with Gasteiger partial charge in [0.05, 0.1) is 18.7 Å². The highest BCUT2D eigenvalue weighted by Crippen LogP contribution is 1.95. The summed E-state index contributed by atoms with van der Waals surface area (Å²) >= 11 is 0. The highest BCUT2D eigenvalue weighted by molar-refractivity contribution is 5.81. The van der Waals surface area contributed by atoms with Crippen molar-refractivity contribution in [3.63, 3.8) is 0 Å². The third kappa shape index (κ3) is 4.48. The molecule has 0 aromatic rings. The number of nitrogens with one attached hydrogen (secondary N) is 1. The highest BCUT2D eigenvalue weighted by atomic mass is 16.2. The fraction of sp³-hybridized carbons (Fsp3) is 0.778. The first-order valence-electron chi connectivity index (χ1n) is 4.36. The first-order chi connectivity index (χ1) is 5.99. The van der Waals surface area contributed by atoms with Gasteiger partial charge in [-0.25, -0.2) is 0 Å². The van der Waals surface area contributed by atoms with Crippen LogP contribution in [0.1, 0.15) is 20.8 Å². The summed E-state index contributed by atoms with van der Waals surface area (Å²) in [7, 11) is 1.76. The van der Waals surface area contributed by atoms with Gasteiger partial charge in [-0.05, 0) is 27.8 Å². The van der Waals surface area contributed by atoms with Crippen LogP contribution in [0, 0.1) is 11.3 Å². The largest absolute Gasteiger partial charge is 0.353 e. The zero-order chi connectivity index (χ0) is 10.4. The maximum atomic E-state index is 11.4. The minimum atomic E-state index is -0.248. The number of carbonyl (C=O) groups is 1. The Bertz CT molecular complexity index is 207. The minimum absolute atomic E-state index is 0.0345. The van der Waals surface area contributed by atoms with E-state index in [1.807, 2.05) is 19.9 Å². The van der Waals surface area contributed by atoms with Gasteiger partial charge in [0.25, 0.3) is 0 Å².